The zero-order valence-electron chi connectivity index (χ0n) is 12.2. The molecule has 0 saturated carbocycles. The Labute approximate surface area is 129 Å². The summed E-state index contributed by atoms with van der Waals surface area (Å²) in [7, 11) is 0. The van der Waals surface area contributed by atoms with Crippen LogP contribution in [0.25, 0.3) is 0 Å². The zero-order valence-corrected chi connectivity index (χ0v) is 12.2. The van der Waals surface area contributed by atoms with E-state index in [1.54, 1.807) is 6.07 Å². The van der Waals surface area contributed by atoms with Crippen molar-refractivity contribution in [3.05, 3.63) is 59.8 Å². The van der Waals surface area contributed by atoms with Crippen LogP contribution in [-0.2, 0) is 0 Å². The number of amides is 1. The van der Waals surface area contributed by atoms with Gasteiger partial charge >= 0.3 is 0 Å². The highest BCUT2D eigenvalue weighted by atomic mass is 16.2. The Morgan fingerprint density at radius 3 is 2.45 bits per heavy atom. The SMILES string of the molecule is N#Cc1ccc[nH+]c1N1CCN(C(=O)c2ccccc2)CC1. The number of carbonyl (C=O) groups is 1. The number of rotatable bonds is 2. The van der Waals surface area contributed by atoms with Crippen LogP contribution in [0.2, 0.25) is 0 Å². The second-order valence-electron chi connectivity index (χ2n) is 5.19. The van der Waals surface area contributed by atoms with E-state index in [4.69, 9.17) is 0 Å². The van der Waals surface area contributed by atoms with Gasteiger partial charge in [-0.05, 0) is 24.3 Å². The first-order valence-corrected chi connectivity index (χ1v) is 7.29. The number of nitrogens with zero attached hydrogens (tertiary/aromatic N) is 3. The van der Waals surface area contributed by atoms with Crippen molar-refractivity contribution in [1.82, 2.24) is 4.90 Å². The summed E-state index contributed by atoms with van der Waals surface area (Å²) < 4.78 is 0. The van der Waals surface area contributed by atoms with Gasteiger partial charge in [0.05, 0.1) is 19.3 Å². The molecule has 1 fully saturated rings. The first kappa shape index (κ1) is 14.1. The first-order valence-electron chi connectivity index (χ1n) is 7.29. The van der Waals surface area contributed by atoms with Crippen LogP contribution in [0.1, 0.15) is 15.9 Å². The van der Waals surface area contributed by atoms with Gasteiger partial charge < -0.3 is 4.90 Å². The maximum Gasteiger partial charge on any atom is 0.292 e. The molecule has 0 spiro atoms. The number of anilines is 1. The lowest BCUT2D eigenvalue weighted by Gasteiger charge is -2.31. The summed E-state index contributed by atoms with van der Waals surface area (Å²) in [6.45, 7) is 2.74. The average molecular weight is 293 g/mol. The van der Waals surface area contributed by atoms with Crippen LogP contribution < -0.4 is 9.88 Å². The molecule has 2 aromatic rings. The van der Waals surface area contributed by atoms with Crippen molar-refractivity contribution in [3.63, 3.8) is 0 Å². The van der Waals surface area contributed by atoms with E-state index >= 15 is 0 Å². The summed E-state index contributed by atoms with van der Waals surface area (Å²) in [4.78, 5) is 19.5. The Morgan fingerprint density at radius 2 is 1.77 bits per heavy atom. The van der Waals surface area contributed by atoms with Gasteiger partial charge in [0.15, 0.2) is 0 Å². The third kappa shape index (κ3) is 2.77. The summed E-state index contributed by atoms with van der Waals surface area (Å²) in [6, 6.07) is 15.2. The van der Waals surface area contributed by atoms with Gasteiger partial charge in [-0.1, -0.05) is 18.2 Å². The molecule has 1 aliphatic heterocycles. The molecule has 22 heavy (non-hydrogen) atoms. The van der Waals surface area contributed by atoms with Crippen LogP contribution in [-0.4, -0.2) is 37.0 Å². The number of H-pyrrole nitrogens is 1. The van der Waals surface area contributed by atoms with Crippen molar-refractivity contribution < 1.29 is 9.78 Å². The fourth-order valence-electron chi connectivity index (χ4n) is 2.68. The molecular weight excluding hydrogens is 276 g/mol. The minimum atomic E-state index is 0.0674. The Morgan fingerprint density at radius 1 is 1.05 bits per heavy atom. The first-order chi connectivity index (χ1) is 10.8. The summed E-state index contributed by atoms with van der Waals surface area (Å²) in [5.74, 6) is 0.898. The molecule has 0 unspecified atom stereocenters. The van der Waals surface area contributed by atoms with Crippen molar-refractivity contribution in [2.45, 2.75) is 0 Å². The van der Waals surface area contributed by atoms with Crippen LogP contribution in [0.4, 0.5) is 5.82 Å². The van der Waals surface area contributed by atoms with E-state index in [1.165, 1.54) is 0 Å². The van der Waals surface area contributed by atoms with Crippen molar-refractivity contribution in [1.29, 1.82) is 5.26 Å². The number of aromatic nitrogens is 1. The third-order valence-electron chi connectivity index (χ3n) is 3.86. The minimum absolute atomic E-state index is 0.0674. The Balaban J connectivity index is 1.68. The van der Waals surface area contributed by atoms with Gasteiger partial charge in [0.25, 0.3) is 11.7 Å². The molecule has 1 N–H and O–H groups in total. The van der Waals surface area contributed by atoms with E-state index in [9.17, 15) is 10.1 Å². The van der Waals surface area contributed by atoms with Crippen LogP contribution in [0, 0.1) is 11.3 Å². The molecular formula is C17H17N4O+. The smallest absolute Gasteiger partial charge is 0.292 e. The quantitative estimate of drug-likeness (QED) is 0.839. The average Bonchev–Trinajstić information content (AvgIpc) is 2.62. The van der Waals surface area contributed by atoms with Gasteiger partial charge in [-0.3, -0.25) is 9.69 Å². The molecule has 0 aliphatic carbocycles. The van der Waals surface area contributed by atoms with Gasteiger partial charge in [-0.15, -0.1) is 0 Å². The van der Waals surface area contributed by atoms with Gasteiger partial charge in [-0.25, -0.2) is 4.98 Å². The highest BCUT2D eigenvalue weighted by Gasteiger charge is 2.28. The topological polar surface area (TPSA) is 61.5 Å². The molecule has 0 bridgehead atoms. The number of aromatic amines is 1. The molecule has 5 nitrogen and oxygen atoms in total. The highest BCUT2D eigenvalue weighted by molar-refractivity contribution is 5.94. The van der Waals surface area contributed by atoms with Crippen LogP contribution in [0.15, 0.2) is 48.7 Å². The van der Waals surface area contributed by atoms with Crippen LogP contribution in [0.3, 0.4) is 0 Å². The molecule has 0 radical (unpaired) electrons. The van der Waals surface area contributed by atoms with E-state index in [2.05, 4.69) is 16.0 Å². The molecule has 0 atom stereocenters. The predicted octanol–water partition coefficient (Wildman–Crippen LogP) is 1.33. The molecule has 110 valence electrons. The number of pyridine rings is 1. The maximum absolute atomic E-state index is 12.4. The zero-order chi connectivity index (χ0) is 15.4. The lowest BCUT2D eigenvalue weighted by molar-refractivity contribution is -0.364. The standard InChI is InChI=1S/C17H16N4O/c18-13-15-7-4-8-19-16(15)20-9-11-21(12-10-20)17(22)14-5-2-1-3-6-14/h1-8H,9-12H2/p+1. The van der Waals surface area contributed by atoms with E-state index in [-0.39, 0.29) is 5.91 Å². The molecule has 1 aromatic heterocycles. The predicted molar refractivity (Wildman–Crippen MR) is 82.3 cm³/mol. The summed E-state index contributed by atoms with van der Waals surface area (Å²) in [5, 5.41) is 9.18. The number of hydrogen-bond acceptors (Lipinski definition) is 3. The van der Waals surface area contributed by atoms with Crippen molar-refractivity contribution in [2.24, 2.45) is 0 Å². The third-order valence-corrected chi connectivity index (χ3v) is 3.86. The van der Waals surface area contributed by atoms with Gasteiger partial charge in [0, 0.05) is 5.56 Å². The molecule has 1 saturated heterocycles. The van der Waals surface area contributed by atoms with E-state index in [0.717, 1.165) is 11.4 Å². The Hall–Kier alpha value is -2.87. The normalized spacial score (nSPS) is 14.5. The molecule has 2 heterocycles. The number of nitrogens with one attached hydrogen (secondary N) is 1. The fourth-order valence-corrected chi connectivity index (χ4v) is 2.68. The van der Waals surface area contributed by atoms with Crippen molar-refractivity contribution in [3.8, 4) is 6.07 Å². The van der Waals surface area contributed by atoms with Crippen LogP contribution in [0.5, 0.6) is 0 Å². The number of benzene rings is 1. The van der Waals surface area contributed by atoms with E-state index in [1.807, 2.05) is 47.5 Å². The maximum atomic E-state index is 12.4. The fraction of sp³-hybridized carbons (Fsp3) is 0.235. The molecule has 1 amide bonds. The Kier molecular flexibility index (Phi) is 4.01. The van der Waals surface area contributed by atoms with Gasteiger partial charge in [0.2, 0.25) is 0 Å². The lowest BCUT2D eigenvalue weighted by atomic mass is 10.1. The van der Waals surface area contributed by atoms with E-state index in [0.29, 0.717) is 31.7 Å². The summed E-state index contributed by atoms with van der Waals surface area (Å²) in [6.07, 6.45) is 1.82. The van der Waals surface area contributed by atoms with Gasteiger partial charge in [0.1, 0.15) is 24.7 Å². The van der Waals surface area contributed by atoms with Crippen LogP contribution >= 0.6 is 0 Å². The molecule has 1 aliphatic rings. The monoisotopic (exact) mass is 293 g/mol. The number of carbonyl (C=O) groups excluding carboxylic acids is 1. The number of piperazine rings is 1. The van der Waals surface area contributed by atoms with E-state index < -0.39 is 0 Å². The second-order valence-corrected chi connectivity index (χ2v) is 5.19. The largest absolute Gasteiger partial charge is 0.331 e. The molecule has 1 aromatic carbocycles. The van der Waals surface area contributed by atoms with Gasteiger partial charge in [-0.2, -0.15) is 5.26 Å². The summed E-state index contributed by atoms with van der Waals surface area (Å²) >= 11 is 0. The van der Waals surface area contributed by atoms with Crippen molar-refractivity contribution >= 4 is 11.7 Å². The minimum Gasteiger partial charge on any atom is -0.331 e. The van der Waals surface area contributed by atoms with Crippen molar-refractivity contribution in [2.75, 3.05) is 31.1 Å². The molecule has 5 heteroatoms. The lowest BCUT2D eigenvalue weighted by Crippen LogP contribution is -2.50. The molecule has 3 rings (SSSR count). The highest BCUT2D eigenvalue weighted by Crippen LogP contribution is 2.16. The number of hydrogen-bond donors (Lipinski definition) is 0. The second kappa shape index (κ2) is 6.27. The summed E-state index contributed by atoms with van der Waals surface area (Å²) in [5.41, 5.74) is 1.35. The Bertz CT molecular complexity index is 700. The number of nitriles is 1.